The van der Waals surface area contributed by atoms with Gasteiger partial charge in [-0.3, -0.25) is 10.9 Å². The van der Waals surface area contributed by atoms with Crippen LogP contribution in [0.3, 0.4) is 0 Å². The molecule has 0 radical (unpaired) electrons. The number of rotatable bonds is 4. The number of thiocarbonyl (C=S) groups is 2. The minimum absolute atomic E-state index is 0.352. The van der Waals surface area contributed by atoms with Gasteiger partial charge in [0.15, 0.2) is 5.11 Å². The smallest absolute Gasteiger partial charge is 0.187 e. The van der Waals surface area contributed by atoms with E-state index in [4.69, 9.17) is 24.4 Å². The molecule has 0 atom stereocenters. The average Bonchev–Trinajstić information content (AvgIpc) is 2.59. The van der Waals surface area contributed by atoms with Gasteiger partial charge in [0.05, 0.1) is 6.04 Å². The second-order valence-electron chi connectivity index (χ2n) is 6.47. The standard InChI is InChI=1S/C17H25N5S2/c1-17(2,22-19-14-11-7-4-8-12-14)18-16(24)21-20-15(23)13-9-5-3-6-10-13/h3,5-6,9-10,14H,4,7-8,11-12H2,1-2H3,(H,20,23)(H2,18,21,24). The number of benzene rings is 1. The second kappa shape index (κ2) is 9.03. The molecule has 1 aromatic rings. The molecular weight excluding hydrogens is 338 g/mol. The van der Waals surface area contributed by atoms with Crippen LogP contribution in [-0.4, -0.2) is 21.8 Å². The third-order valence-electron chi connectivity index (χ3n) is 3.79. The maximum atomic E-state index is 5.31. The Morgan fingerprint density at radius 2 is 1.71 bits per heavy atom. The van der Waals surface area contributed by atoms with Crippen LogP contribution in [0.15, 0.2) is 40.6 Å². The van der Waals surface area contributed by atoms with E-state index in [1.165, 1.54) is 19.3 Å². The third-order valence-corrected chi connectivity index (χ3v) is 4.33. The molecule has 1 fully saturated rings. The molecule has 1 aliphatic carbocycles. The lowest BCUT2D eigenvalue weighted by atomic mass is 9.96. The van der Waals surface area contributed by atoms with E-state index in [1.807, 2.05) is 44.2 Å². The summed E-state index contributed by atoms with van der Waals surface area (Å²) in [6.07, 6.45) is 6.08. The summed E-state index contributed by atoms with van der Waals surface area (Å²) in [5.74, 6) is 0. The highest BCUT2D eigenvalue weighted by Gasteiger charge is 2.19. The molecule has 7 heteroatoms. The first-order valence-corrected chi connectivity index (χ1v) is 9.13. The van der Waals surface area contributed by atoms with Crippen LogP contribution in [0.2, 0.25) is 0 Å². The molecule has 1 aliphatic rings. The molecule has 5 nitrogen and oxygen atoms in total. The van der Waals surface area contributed by atoms with E-state index in [9.17, 15) is 0 Å². The zero-order valence-electron chi connectivity index (χ0n) is 14.2. The number of hydrogen-bond donors (Lipinski definition) is 3. The molecule has 0 aromatic heterocycles. The summed E-state index contributed by atoms with van der Waals surface area (Å²) in [4.78, 5) is 0.585. The molecule has 0 aliphatic heterocycles. The fraction of sp³-hybridized carbons (Fsp3) is 0.529. The Hall–Kier alpha value is -1.60. The summed E-state index contributed by atoms with van der Waals surface area (Å²) in [7, 11) is 0. The molecule has 1 saturated carbocycles. The van der Waals surface area contributed by atoms with Crippen molar-refractivity contribution in [1.82, 2.24) is 16.2 Å². The quantitative estimate of drug-likeness (QED) is 0.431. The Balaban J connectivity index is 1.77. The molecule has 2 rings (SSSR count). The van der Waals surface area contributed by atoms with Crippen LogP contribution in [-0.2, 0) is 0 Å². The van der Waals surface area contributed by atoms with Crippen LogP contribution in [0.25, 0.3) is 0 Å². The average molecular weight is 364 g/mol. The maximum absolute atomic E-state index is 5.31. The van der Waals surface area contributed by atoms with Crippen molar-refractivity contribution in [2.75, 3.05) is 0 Å². The van der Waals surface area contributed by atoms with E-state index >= 15 is 0 Å². The lowest BCUT2D eigenvalue weighted by molar-refractivity contribution is 0.388. The Morgan fingerprint density at radius 3 is 2.38 bits per heavy atom. The summed E-state index contributed by atoms with van der Waals surface area (Å²) in [6.45, 7) is 3.89. The predicted molar refractivity (Wildman–Crippen MR) is 106 cm³/mol. The van der Waals surface area contributed by atoms with Crippen molar-refractivity contribution in [2.45, 2.75) is 57.7 Å². The van der Waals surface area contributed by atoms with Gasteiger partial charge in [-0.1, -0.05) is 61.8 Å². The lowest BCUT2D eigenvalue weighted by Crippen LogP contribution is -2.52. The zero-order valence-corrected chi connectivity index (χ0v) is 15.8. The molecule has 0 unspecified atom stereocenters. The van der Waals surface area contributed by atoms with Crippen molar-refractivity contribution < 1.29 is 0 Å². The largest absolute Gasteiger partial charge is 0.336 e. The van der Waals surface area contributed by atoms with E-state index in [1.54, 1.807) is 0 Å². The summed E-state index contributed by atoms with van der Waals surface area (Å²) in [6, 6.07) is 10.1. The summed E-state index contributed by atoms with van der Waals surface area (Å²) in [5.41, 5.74) is 6.21. The molecule has 130 valence electrons. The van der Waals surface area contributed by atoms with Crippen molar-refractivity contribution in [3.8, 4) is 0 Å². The summed E-state index contributed by atoms with van der Waals surface area (Å²) < 4.78 is 0. The second-order valence-corrected chi connectivity index (χ2v) is 7.28. The van der Waals surface area contributed by atoms with E-state index < -0.39 is 5.66 Å². The van der Waals surface area contributed by atoms with Crippen LogP contribution < -0.4 is 16.2 Å². The molecule has 0 spiro atoms. The van der Waals surface area contributed by atoms with E-state index in [-0.39, 0.29) is 0 Å². The maximum Gasteiger partial charge on any atom is 0.187 e. The van der Waals surface area contributed by atoms with Crippen LogP contribution in [0.5, 0.6) is 0 Å². The van der Waals surface area contributed by atoms with Gasteiger partial charge < -0.3 is 5.32 Å². The highest BCUT2D eigenvalue weighted by atomic mass is 32.1. The fourth-order valence-corrected chi connectivity index (χ4v) is 3.02. The van der Waals surface area contributed by atoms with Gasteiger partial charge in [0.2, 0.25) is 0 Å². The van der Waals surface area contributed by atoms with Crippen molar-refractivity contribution in [1.29, 1.82) is 0 Å². The number of azo groups is 1. The molecule has 0 amide bonds. The van der Waals surface area contributed by atoms with Gasteiger partial charge in [-0.25, -0.2) is 0 Å². The number of hydrogen-bond acceptors (Lipinski definition) is 4. The SMILES string of the molecule is CC(C)(N=NC1CCCCC1)NC(=S)NNC(=S)c1ccccc1. The molecule has 3 N–H and O–H groups in total. The lowest BCUT2D eigenvalue weighted by Gasteiger charge is -2.24. The van der Waals surface area contributed by atoms with E-state index in [2.05, 4.69) is 26.4 Å². The van der Waals surface area contributed by atoms with Crippen LogP contribution in [0.1, 0.15) is 51.5 Å². The van der Waals surface area contributed by atoms with Gasteiger partial charge >= 0.3 is 0 Å². The minimum atomic E-state index is -0.558. The monoisotopic (exact) mass is 363 g/mol. The molecular formula is C17H25N5S2. The summed E-state index contributed by atoms with van der Waals surface area (Å²) in [5, 5.41) is 12.5. The Labute approximate surface area is 154 Å². The number of hydrazine groups is 1. The van der Waals surface area contributed by atoms with Gasteiger partial charge in [-0.05, 0) is 38.9 Å². The highest BCUT2D eigenvalue weighted by Crippen LogP contribution is 2.21. The van der Waals surface area contributed by atoms with Crippen LogP contribution >= 0.6 is 24.4 Å². The van der Waals surface area contributed by atoms with Crippen molar-refractivity contribution in [3.63, 3.8) is 0 Å². The van der Waals surface area contributed by atoms with Gasteiger partial charge in [0.25, 0.3) is 0 Å². The molecule has 0 bridgehead atoms. The minimum Gasteiger partial charge on any atom is -0.336 e. The van der Waals surface area contributed by atoms with Crippen molar-refractivity contribution in [2.24, 2.45) is 10.2 Å². The van der Waals surface area contributed by atoms with Crippen LogP contribution in [0.4, 0.5) is 0 Å². The van der Waals surface area contributed by atoms with E-state index in [0.29, 0.717) is 16.1 Å². The van der Waals surface area contributed by atoms with Crippen molar-refractivity contribution >= 4 is 34.5 Å². The Morgan fingerprint density at radius 1 is 1.04 bits per heavy atom. The Kier molecular flexibility index (Phi) is 7.05. The van der Waals surface area contributed by atoms with Gasteiger partial charge in [0, 0.05) is 5.56 Å². The van der Waals surface area contributed by atoms with Crippen molar-refractivity contribution in [3.05, 3.63) is 35.9 Å². The first-order valence-electron chi connectivity index (χ1n) is 8.32. The van der Waals surface area contributed by atoms with Gasteiger partial charge in [-0.2, -0.15) is 10.2 Å². The summed E-state index contributed by atoms with van der Waals surface area (Å²) >= 11 is 10.6. The molecule has 0 heterocycles. The topological polar surface area (TPSA) is 60.8 Å². The first kappa shape index (κ1) is 18.7. The normalized spacial score (nSPS) is 15.9. The number of nitrogens with zero attached hydrogens (tertiary/aromatic N) is 2. The molecule has 1 aromatic carbocycles. The molecule has 24 heavy (non-hydrogen) atoms. The third kappa shape index (κ3) is 6.49. The van der Waals surface area contributed by atoms with E-state index in [0.717, 1.165) is 18.4 Å². The van der Waals surface area contributed by atoms with Gasteiger partial charge in [-0.15, -0.1) is 0 Å². The fourth-order valence-electron chi connectivity index (χ4n) is 2.53. The Bertz CT molecular complexity index is 580. The molecule has 0 saturated heterocycles. The highest BCUT2D eigenvalue weighted by molar-refractivity contribution is 7.81. The predicted octanol–water partition coefficient (Wildman–Crippen LogP) is 3.85. The zero-order chi connectivity index (χ0) is 17.4. The first-order chi connectivity index (χ1) is 11.5. The van der Waals surface area contributed by atoms with Crippen LogP contribution in [0, 0.1) is 0 Å². The van der Waals surface area contributed by atoms with Gasteiger partial charge in [0.1, 0.15) is 10.7 Å². The number of nitrogens with one attached hydrogen (secondary N) is 3.